The van der Waals surface area contributed by atoms with E-state index in [1.807, 2.05) is 0 Å². The molecule has 0 fully saturated rings. The SMILES string of the molecule is SCC(CS)=C1c2ccccc2-c2ccc(Br)c(Br)c21. The van der Waals surface area contributed by atoms with Gasteiger partial charge in [0.05, 0.1) is 0 Å². The molecule has 0 N–H and O–H groups in total. The molecule has 0 radical (unpaired) electrons. The summed E-state index contributed by atoms with van der Waals surface area (Å²) < 4.78 is 2.17. The molecule has 0 atom stereocenters. The van der Waals surface area contributed by atoms with Crippen LogP contribution in [0.2, 0.25) is 0 Å². The molecule has 0 nitrogen and oxygen atoms in total. The van der Waals surface area contributed by atoms with Gasteiger partial charge in [-0.1, -0.05) is 30.3 Å². The molecule has 0 saturated heterocycles. The van der Waals surface area contributed by atoms with Gasteiger partial charge in [0, 0.05) is 26.0 Å². The number of hydrogen-bond donors (Lipinski definition) is 2. The van der Waals surface area contributed by atoms with Crippen molar-refractivity contribution in [3.63, 3.8) is 0 Å². The smallest absolute Gasteiger partial charge is 0.0402 e. The summed E-state index contributed by atoms with van der Waals surface area (Å²) in [7, 11) is 0. The Labute approximate surface area is 146 Å². The predicted molar refractivity (Wildman–Crippen MR) is 101 cm³/mol. The van der Waals surface area contributed by atoms with Gasteiger partial charge < -0.3 is 0 Å². The average Bonchev–Trinajstić information content (AvgIpc) is 2.80. The second kappa shape index (κ2) is 5.91. The highest BCUT2D eigenvalue weighted by Gasteiger charge is 2.27. The van der Waals surface area contributed by atoms with Crippen molar-refractivity contribution in [1.82, 2.24) is 0 Å². The summed E-state index contributed by atoms with van der Waals surface area (Å²) in [6, 6.07) is 12.8. The summed E-state index contributed by atoms with van der Waals surface area (Å²) in [5.41, 5.74) is 7.60. The Morgan fingerprint density at radius 3 is 2.15 bits per heavy atom. The third kappa shape index (κ3) is 2.21. The molecular formula is C16H12Br2S2. The molecule has 0 unspecified atom stereocenters. The molecule has 3 rings (SSSR count). The van der Waals surface area contributed by atoms with Crippen LogP contribution in [0, 0.1) is 0 Å². The first-order valence-corrected chi connectivity index (χ1v) is 9.06. The largest absolute Gasteiger partial charge is 0.175 e. The van der Waals surface area contributed by atoms with Crippen molar-refractivity contribution in [2.24, 2.45) is 0 Å². The van der Waals surface area contributed by atoms with Crippen molar-refractivity contribution < 1.29 is 0 Å². The van der Waals surface area contributed by atoms with E-state index in [2.05, 4.69) is 93.5 Å². The molecule has 2 aromatic carbocycles. The summed E-state index contributed by atoms with van der Waals surface area (Å²) in [5, 5.41) is 0. The van der Waals surface area contributed by atoms with Crippen LogP contribution in [0.15, 0.2) is 50.9 Å². The Balaban J connectivity index is 2.44. The summed E-state index contributed by atoms with van der Waals surface area (Å²) >= 11 is 16.3. The minimum atomic E-state index is 0.714. The molecule has 0 amide bonds. The third-order valence-electron chi connectivity index (χ3n) is 3.57. The minimum Gasteiger partial charge on any atom is -0.175 e. The van der Waals surface area contributed by atoms with Gasteiger partial charge in [-0.3, -0.25) is 0 Å². The zero-order chi connectivity index (χ0) is 14.3. The van der Waals surface area contributed by atoms with Gasteiger partial charge in [-0.25, -0.2) is 0 Å². The van der Waals surface area contributed by atoms with E-state index in [0.717, 1.165) is 8.95 Å². The van der Waals surface area contributed by atoms with Crippen LogP contribution in [0.3, 0.4) is 0 Å². The van der Waals surface area contributed by atoms with Crippen LogP contribution in [0.4, 0.5) is 0 Å². The van der Waals surface area contributed by atoms with Crippen molar-refractivity contribution in [2.75, 3.05) is 11.5 Å². The number of thiol groups is 2. The van der Waals surface area contributed by atoms with E-state index in [4.69, 9.17) is 0 Å². The lowest BCUT2D eigenvalue weighted by Gasteiger charge is -2.12. The highest BCUT2D eigenvalue weighted by Crippen LogP contribution is 2.50. The summed E-state index contributed by atoms with van der Waals surface area (Å²) in [4.78, 5) is 0. The molecule has 0 saturated carbocycles. The first-order chi connectivity index (χ1) is 9.69. The van der Waals surface area contributed by atoms with Gasteiger partial charge in [-0.2, -0.15) is 25.3 Å². The zero-order valence-corrected chi connectivity index (χ0v) is 15.5. The standard InChI is InChI=1S/C16H12Br2S2/c17-13-6-5-12-10-3-1-2-4-11(10)14(9(7-19)8-20)15(12)16(13)18/h1-6,19-20H,7-8H2. The van der Waals surface area contributed by atoms with Crippen LogP contribution in [0.5, 0.6) is 0 Å². The van der Waals surface area contributed by atoms with E-state index in [-0.39, 0.29) is 0 Å². The lowest BCUT2D eigenvalue weighted by molar-refractivity contribution is 1.42. The molecule has 0 heterocycles. The molecule has 0 aliphatic heterocycles. The van der Waals surface area contributed by atoms with Crippen LogP contribution >= 0.6 is 57.1 Å². The molecule has 0 aromatic heterocycles. The van der Waals surface area contributed by atoms with Gasteiger partial charge in [0.2, 0.25) is 0 Å². The molecule has 2 aromatic rings. The van der Waals surface area contributed by atoms with E-state index >= 15 is 0 Å². The fraction of sp³-hybridized carbons (Fsp3) is 0.125. The predicted octanol–water partition coefficient (Wildman–Crippen LogP) is 5.85. The number of fused-ring (bicyclic) bond motifs is 3. The van der Waals surface area contributed by atoms with Gasteiger partial charge in [0.25, 0.3) is 0 Å². The lowest BCUT2D eigenvalue weighted by Crippen LogP contribution is -1.95. The average molecular weight is 428 g/mol. The summed E-state index contributed by atoms with van der Waals surface area (Å²) in [6.07, 6.45) is 0. The summed E-state index contributed by atoms with van der Waals surface area (Å²) in [5.74, 6) is 1.43. The van der Waals surface area contributed by atoms with Crippen molar-refractivity contribution in [2.45, 2.75) is 0 Å². The molecule has 102 valence electrons. The Bertz CT molecular complexity index is 714. The lowest BCUT2D eigenvalue weighted by atomic mass is 10.00. The third-order valence-corrected chi connectivity index (χ3v) is 6.35. The van der Waals surface area contributed by atoms with Crippen LogP contribution < -0.4 is 0 Å². The first-order valence-electron chi connectivity index (χ1n) is 6.21. The molecule has 0 spiro atoms. The molecular weight excluding hydrogens is 416 g/mol. The summed E-state index contributed by atoms with van der Waals surface area (Å²) in [6.45, 7) is 0. The van der Waals surface area contributed by atoms with Gasteiger partial charge >= 0.3 is 0 Å². The van der Waals surface area contributed by atoms with Gasteiger partial charge in [0.1, 0.15) is 0 Å². The molecule has 1 aliphatic carbocycles. The van der Waals surface area contributed by atoms with Crippen molar-refractivity contribution in [1.29, 1.82) is 0 Å². The Morgan fingerprint density at radius 1 is 0.850 bits per heavy atom. The zero-order valence-electron chi connectivity index (χ0n) is 10.5. The maximum Gasteiger partial charge on any atom is 0.0402 e. The van der Waals surface area contributed by atoms with Crippen molar-refractivity contribution in [3.8, 4) is 11.1 Å². The van der Waals surface area contributed by atoms with E-state index < -0.39 is 0 Å². The van der Waals surface area contributed by atoms with E-state index in [9.17, 15) is 0 Å². The molecule has 4 heteroatoms. The monoisotopic (exact) mass is 426 g/mol. The highest BCUT2D eigenvalue weighted by molar-refractivity contribution is 9.13. The number of halogens is 2. The van der Waals surface area contributed by atoms with E-state index in [0.29, 0.717) is 11.5 Å². The topological polar surface area (TPSA) is 0 Å². The van der Waals surface area contributed by atoms with Gasteiger partial charge in [0.15, 0.2) is 0 Å². The van der Waals surface area contributed by atoms with E-state index in [1.165, 1.54) is 33.4 Å². The maximum absolute atomic E-state index is 4.48. The highest BCUT2D eigenvalue weighted by atomic mass is 79.9. The number of hydrogen-bond acceptors (Lipinski definition) is 2. The number of benzene rings is 2. The Hall–Kier alpha value is -0.160. The second-order valence-electron chi connectivity index (χ2n) is 4.62. The quantitative estimate of drug-likeness (QED) is 0.470. The van der Waals surface area contributed by atoms with Gasteiger partial charge in [-0.15, -0.1) is 0 Å². The second-order valence-corrected chi connectivity index (χ2v) is 6.90. The fourth-order valence-corrected chi connectivity index (χ4v) is 4.26. The Morgan fingerprint density at radius 2 is 1.50 bits per heavy atom. The number of rotatable bonds is 2. The van der Waals surface area contributed by atoms with Crippen LogP contribution in [0.25, 0.3) is 16.7 Å². The first kappa shape index (κ1) is 14.8. The maximum atomic E-state index is 4.48. The van der Waals surface area contributed by atoms with Gasteiger partial charge in [-0.05, 0) is 65.8 Å². The van der Waals surface area contributed by atoms with Crippen LogP contribution in [0.1, 0.15) is 11.1 Å². The Kier molecular flexibility index (Phi) is 4.37. The molecule has 1 aliphatic rings. The van der Waals surface area contributed by atoms with E-state index in [1.54, 1.807) is 0 Å². The van der Waals surface area contributed by atoms with Crippen molar-refractivity contribution in [3.05, 3.63) is 62.0 Å². The van der Waals surface area contributed by atoms with Crippen LogP contribution in [-0.2, 0) is 0 Å². The van der Waals surface area contributed by atoms with Crippen molar-refractivity contribution >= 4 is 62.7 Å². The molecule has 20 heavy (non-hydrogen) atoms. The minimum absolute atomic E-state index is 0.714. The molecule has 0 bridgehead atoms. The normalized spacial score (nSPS) is 12.3. The fourth-order valence-electron chi connectivity index (χ4n) is 2.67. The van der Waals surface area contributed by atoms with Crippen LogP contribution in [-0.4, -0.2) is 11.5 Å².